The molecule has 1 amide bonds. The third-order valence-corrected chi connectivity index (χ3v) is 6.02. The maximum atomic E-state index is 12.4. The van der Waals surface area contributed by atoms with Gasteiger partial charge in [0, 0.05) is 23.4 Å². The predicted octanol–water partition coefficient (Wildman–Crippen LogP) is 2.86. The second-order valence-electron chi connectivity index (χ2n) is 7.46. The van der Waals surface area contributed by atoms with E-state index in [1.807, 2.05) is 25.1 Å². The van der Waals surface area contributed by atoms with Gasteiger partial charge in [-0.05, 0) is 38.1 Å². The number of pyridine rings is 1. The van der Waals surface area contributed by atoms with Crippen LogP contribution in [-0.4, -0.2) is 50.5 Å². The van der Waals surface area contributed by atoms with Crippen molar-refractivity contribution in [2.24, 2.45) is 0 Å². The maximum Gasteiger partial charge on any atom is 0.271 e. The quantitative estimate of drug-likeness (QED) is 0.495. The van der Waals surface area contributed by atoms with Crippen LogP contribution < -0.4 is 10.6 Å². The predicted molar refractivity (Wildman–Crippen MR) is 119 cm³/mol. The SMILES string of the molecule is CCc1nc(CNC(=O)c2csc(Nc3cccc(C4CCN(CC#N)CC4)n3)n2)no1. The van der Waals surface area contributed by atoms with Crippen molar-refractivity contribution in [3.8, 4) is 6.07 Å². The topological polar surface area (TPSA) is 133 Å². The zero-order chi connectivity index (χ0) is 22.3. The van der Waals surface area contributed by atoms with Gasteiger partial charge in [-0.15, -0.1) is 11.3 Å². The van der Waals surface area contributed by atoms with E-state index in [1.54, 1.807) is 5.38 Å². The molecule has 1 aliphatic heterocycles. The molecule has 166 valence electrons. The third-order valence-electron chi connectivity index (χ3n) is 5.26. The van der Waals surface area contributed by atoms with Crippen molar-refractivity contribution in [3.63, 3.8) is 0 Å². The van der Waals surface area contributed by atoms with Gasteiger partial charge in [0.1, 0.15) is 11.5 Å². The molecule has 11 heteroatoms. The summed E-state index contributed by atoms with van der Waals surface area (Å²) in [4.78, 5) is 27.8. The van der Waals surface area contributed by atoms with E-state index >= 15 is 0 Å². The van der Waals surface area contributed by atoms with E-state index in [0.29, 0.717) is 47.2 Å². The highest BCUT2D eigenvalue weighted by Gasteiger charge is 2.21. The van der Waals surface area contributed by atoms with Crippen molar-refractivity contribution in [3.05, 3.63) is 46.7 Å². The van der Waals surface area contributed by atoms with Crippen LogP contribution in [0.5, 0.6) is 0 Å². The Morgan fingerprint density at radius 3 is 2.91 bits per heavy atom. The second kappa shape index (κ2) is 10.3. The van der Waals surface area contributed by atoms with Gasteiger partial charge in [-0.25, -0.2) is 9.97 Å². The number of anilines is 2. The van der Waals surface area contributed by atoms with Gasteiger partial charge >= 0.3 is 0 Å². The minimum absolute atomic E-state index is 0.180. The lowest BCUT2D eigenvalue weighted by molar-refractivity contribution is 0.0945. The second-order valence-corrected chi connectivity index (χ2v) is 8.32. The number of rotatable bonds is 8. The molecule has 0 saturated carbocycles. The van der Waals surface area contributed by atoms with Crippen molar-refractivity contribution in [1.29, 1.82) is 5.26 Å². The molecule has 10 nitrogen and oxygen atoms in total. The molecule has 0 spiro atoms. The van der Waals surface area contributed by atoms with Gasteiger partial charge in [-0.3, -0.25) is 9.69 Å². The van der Waals surface area contributed by atoms with E-state index in [2.05, 4.69) is 36.7 Å². The number of nitrogens with one attached hydrogen (secondary N) is 2. The van der Waals surface area contributed by atoms with Gasteiger partial charge in [-0.2, -0.15) is 10.2 Å². The molecule has 4 rings (SSSR count). The summed E-state index contributed by atoms with van der Waals surface area (Å²) in [5.41, 5.74) is 1.35. The Morgan fingerprint density at radius 1 is 1.31 bits per heavy atom. The number of nitrogens with zero attached hydrogens (tertiary/aromatic N) is 6. The number of nitriles is 1. The van der Waals surface area contributed by atoms with Crippen molar-refractivity contribution in [1.82, 2.24) is 30.3 Å². The summed E-state index contributed by atoms with van der Waals surface area (Å²) in [5.74, 6) is 1.74. The van der Waals surface area contributed by atoms with E-state index in [1.165, 1.54) is 11.3 Å². The largest absolute Gasteiger partial charge is 0.343 e. The summed E-state index contributed by atoms with van der Waals surface area (Å²) < 4.78 is 5.03. The fourth-order valence-corrected chi connectivity index (χ4v) is 4.23. The number of thiazole rings is 1. The first-order valence-corrected chi connectivity index (χ1v) is 11.4. The van der Waals surface area contributed by atoms with Crippen molar-refractivity contribution in [2.75, 3.05) is 25.0 Å². The summed E-state index contributed by atoms with van der Waals surface area (Å²) in [6.45, 7) is 4.40. The molecule has 3 aromatic heterocycles. The van der Waals surface area contributed by atoms with Crippen LogP contribution in [0, 0.1) is 11.3 Å². The molecular weight excluding hydrogens is 428 g/mol. The maximum absolute atomic E-state index is 12.4. The van der Waals surface area contributed by atoms with Gasteiger partial charge in [0.05, 0.1) is 19.2 Å². The highest BCUT2D eigenvalue weighted by Crippen LogP contribution is 2.28. The van der Waals surface area contributed by atoms with Crippen LogP contribution in [0.2, 0.25) is 0 Å². The zero-order valence-corrected chi connectivity index (χ0v) is 18.6. The van der Waals surface area contributed by atoms with Gasteiger partial charge in [0.15, 0.2) is 11.0 Å². The Hall–Kier alpha value is -3.36. The summed E-state index contributed by atoms with van der Waals surface area (Å²) in [6, 6.07) is 8.11. The number of amides is 1. The first-order valence-electron chi connectivity index (χ1n) is 10.5. The van der Waals surface area contributed by atoms with Gasteiger partial charge < -0.3 is 15.2 Å². The summed E-state index contributed by atoms with van der Waals surface area (Å²) in [7, 11) is 0. The van der Waals surface area contributed by atoms with Gasteiger partial charge in [0.25, 0.3) is 5.91 Å². The first kappa shape index (κ1) is 21.9. The highest BCUT2D eigenvalue weighted by molar-refractivity contribution is 7.14. The molecule has 1 aliphatic rings. The van der Waals surface area contributed by atoms with Gasteiger partial charge in [-0.1, -0.05) is 18.1 Å². The van der Waals surface area contributed by atoms with Crippen molar-refractivity contribution < 1.29 is 9.32 Å². The molecule has 0 atom stereocenters. The standard InChI is InChI=1S/C21H24N8O2S/c1-2-19-26-18(28-31-19)12-23-20(30)16-13-32-21(25-16)27-17-5-3-4-15(24-17)14-6-9-29(10-7-14)11-8-22/h3-5,13-14H,2,6-7,9-12H2,1H3,(H,23,30)(H,24,25,27). The van der Waals surface area contributed by atoms with Gasteiger partial charge in [0.2, 0.25) is 5.89 Å². The van der Waals surface area contributed by atoms with Crippen LogP contribution in [0.1, 0.15) is 53.6 Å². The average Bonchev–Trinajstić information content (AvgIpc) is 3.48. The number of hydrogen-bond donors (Lipinski definition) is 2. The van der Waals surface area contributed by atoms with Crippen LogP contribution in [-0.2, 0) is 13.0 Å². The number of carbonyl (C=O) groups is 1. The summed E-state index contributed by atoms with van der Waals surface area (Å²) in [5, 5.41) is 20.9. The molecule has 1 saturated heterocycles. The van der Waals surface area contributed by atoms with Crippen LogP contribution >= 0.6 is 11.3 Å². The van der Waals surface area contributed by atoms with E-state index in [9.17, 15) is 4.79 Å². The Morgan fingerprint density at radius 2 is 2.16 bits per heavy atom. The molecule has 0 aromatic carbocycles. The molecule has 0 bridgehead atoms. The summed E-state index contributed by atoms with van der Waals surface area (Å²) in [6.07, 6.45) is 2.62. The minimum Gasteiger partial charge on any atom is -0.343 e. The summed E-state index contributed by atoms with van der Waals surface area (Å²) >= 11 is 1.34. The third kappa shape index (κ3) is 5.46. The number of aryl methyl sites for hydroxylation is 1. The molecule has 32 heavy (non-hydrogen) atoms. The Bertz CT molecular complexity index is 1100. The van der Waals surface area contributed by atoms with Crippen LogP contribution in [0.25, 0.3) is 0 Å². The monoisotopic (exact) mass is 452 g/mol. The minimum atomic E-state index is -0.303. The van der Waals surface area contributed by atoms with Crippen LogP contribution in [0.4, 0.5) is 10.9 Å². The smallest absolute Gasteiger partial charge is 0.271 e. The first-order chi connectivity index (χ1) is 15.6. The Kier molecular flexibility index (Phi) is 7.03. The van der Waals surface area contributed by atoms with E-state index in [-0.39, 0.29) is 12.5 Å². The lowest BCUT2D eigenvalue weighted by Crippen LogP contribution is -2.33. The molecular formula is C21H24N8O2S. The van der Waals surface area contributed by atoms with Crippen molar-refractivity contribution >= 4 is 28.2 Å². The molecule has 3 aromatic rings. The van der Waals surface area contributed by atoms with E-state index in [0.717, 1.165) is 31.6 Å². The lowest BCUT2D eigenvalue weighted by atomic mass is 9.93. The van der Waals surface area contributed by atoms with Crippen LogP contribution in [0.3, 0.4) is 0 Å². The number of carbonyl (C=O) groups excluding carboxylic acids is 1. The Balaban J connectivity index is 1.32. The van der Waals surface area contributed by atoms with Crippen molar-refractivity contribution in [2.45, 2.75) is 38.6 Å². The lowest BCUT2D eigenvalue weighted by Gasteiger charge is -2.29. The average molecular weight is 453 g/mol. The fourth-order valence-electron chi connectivity index (χ4n) is 3.54. The number of likely N-dealkylation sites (tertiary alicyclic amines) is 1. The van der Waals surface area contributed by atoms with E-state index in [4.69, 9.17) is 14.8 Å². The molecule has 0 unspecified atom stereocenters. The normalized spacial score (nSPS) is 14.8. The molecule has 1 fully saturated rings. The Labute approximate surface area is 189 Å². The van der Waals surface area contributed by atoms with E-state index < -0.39 is 0 Å². The molecule has 0 radical (unpaired) electrons. The molecule has 4 heterocycles. The number of piperidine rings is 1. The molecule has 2 N–H and O–H groups in total. The zero-order valence-electron chi connectivity index (χ0n) is 17.7. The number of hydrogen-bond acceptors (Lipinski definition) is 10. The number of aromatic nitrogens is 4. The van der Waals surface area contributed by atoms with Crippen LogP contribution in [0.15, 0.2) is 28.1 Å². The fraction of sp³-hybridized carbons (Fsp3) is 0.429. The molecule has 0 aliphatic carbocycles. The highest BCUT2D eigenvalue weighted by atomic mass is 32.1.